The van der Waals surface area contributed by atoms with E-state index in [9.17, 15) is 9.59 Å². The Kier molecular flexibility index (Phi) is 7.99. The lowest BCUT2D eigenvalue weighted by atomic mass is 10.2. The van der Waals surface area contributed by atoms with E-state index in [-0.39, 0.29) is 17.6 Å². The van der Waals surface area contributed by atoms with Crippen LogP contribution < -0.4 is 24.8 Å². The quantitative estimate of drug-likeness (QED) is 0.458. The van der Waals surface area contributed by atoms with Gasteiger partial charge in [-0.15, -0.1) is 11.8 Å². The van der Waals surface area contributed by atoms with E-state index in [0.29, 0.717) is 39.1 Å². The average molecular weight is 453 g/mol. The predicted molar refractivity (Wildman–Crippen MR) is 126 cm³/mol. The fourth-order valence-electron chi connectivity index (χ4n) is 2.93. The summed E-state index contributed by atoms with van der Waals surface area (Å²) >= 11 is 1.29. The van der Waals surface area contributed by atoms with Crippen LogP contribution in [0.2, 0.25) is 0 Å². The van der Waals surface area contributed by atoms with E-state index < -0.39 is 0 Å². The summed E-state index contributed by atoms with van der Waals surface area (Å²) in [4.78, 5) is 26.0. The van der Waals surface area contributed by atoms with Crippen LogP contribution >= 0.6 is 11.8 Å². The maximum absolute atomic E-state index is 12.8. The summed E-state index contributed by atoms with van der Waals surface area (Å²) in [6.07, 6.45) is 0. The van der Waals surface area contributed by atoms with Crippen molar-refractivity contribution in [1.82, 2.24) is 0 Å². The van der Waals surface area contributed by atoms with Crippen molar-refractivity contribution in [3.05, 3.63) is 72.3 Å². The van der Waals surface area contributed by atoms with Gasteiger partial charge in [-0.1, -0.05) is 18.2 Å². The third-order valence-corrected chi connectivity index (χ3v) is 5.56. The highest BCUT2D eigenvalue weighted by molar-refractivity contribution is 8.00. The molecular formula is C24H24N2O5S. The van der Waals surface area contributed by atoms with E-state index in [1.807, 2.05) is 12.1 Å². The second kappa shape index (κ2) is 11.1. The second-order valence-electron chi connectivity index (χ2n) is 6.59. The lowest BCUT2D eigenvalue weighted by molar-refractivity contribution is -0.113. The molecule has 0 aliphatic carbocycles. The van der Waals surface area contributed by atoms with Gasteiger partial charge in [0.15, 0.2) is 11.5 Å². The van der Waals surface area contributed by atoms with Gasteiger partial charge in [0.05, 0.1) is 32.6 Å². The second-order valence-corrected chi connectivity index (χ2v) is 7.61. The van der Waals surface area contributed by atoms with Crippen LogP contribution in [0.3, 0.4) is 0 Å². The standard InChI is InChI=1S/C24H24N2O5S/c1-29-18-8-6-7-16(13-18)26-24(28)19-9-4-5-10-22(19)32-15-23(27)25-17-11-12-20(30-2)21(14-17)31-3/h4-14H,15H2,1-3H3,(H,25,27)(H,26,28). The number of ether oxygens (including phenoxy) is 3. The van der Waals surface area contributed by atoms with Gasteiger partial charge in [0.1, 0.15) is 5.75 Å². The van der Waals surface area contributed by atoms with Crippen LogP contribution in [0.25, 0.3) is 0 Å². The van der Waals surface area contributed by atoms with Gasteiger partial charge < -0.3 is 24.8 Å². The van der Waals surface area contributed by atoms with Crippen molar-refractivity contribution in [3.8, 4) is 17.2 Å². The third-order valence-electron chi connectivity index (χ3n) is 4.49. The Labute approximate surface area is 191 Å². The molecule has 0 aliphatic heterocycles. The molecule has 3 aromatic carbocycles. The van der Waals surface area contributed by atoms with Crippen LogP contribution in [0.1, 0.15) is 10.4 Å². The first-order chi connectivity index (χ1) is 15.5. The largest absolute Gasteiger partial charge is 0.497 e. The highest BCUT2D eigenvalue weighted by Gasteiger charge is 2.14. The summed E-state index contributed by atoms with van der Waals surface area (Å²) in [5.74, 6) is 1.43. The number of carbonyl (C=O) groups is 2. The van der Waals surface area contributed by atoms with Crippen molar-refractivity contribution >= 4 is 35.0 Å². The third kappa shape index (κ3) is 5.95. The first-order valence-corrected chi connectivity index (χ1v) is 10.7. The van der Waals surface area contributed by atoms with Gasteiger partial charge in [-0.2, -0.15) is 0 Å². The molecule has 0 saturated heterocycles. The molecule has 3 aromatic rings. The summed E-state index contributed by atoms with van der Waals surface area (Å²) in [7, 11) is 4.65. The van der Waals surface area contributed by atoms with E-state index in [1.54, 1.807) is 68.8 Å². The number of anilines is 2. The van der Waals surface area contributed by atoms with Gasteiger partial charge in [-0.3, -0.25) is 9.59 Å². The topological polar surface area (TPSA) is 85.9 Å². The van der Waals surface area contributed by atoms with E-state index in [1.165, 1.54) is 18.9 Å². The van der Waals surface area contributed by atoms with Crippen LogP contribution in [0.15, 0.2) is 71.6 Å². The molecule has 2 N–H and O–H groups in total. The molecule has 0 fully saturated rings. The zero-order valence-corrected chi connectivity index (χ0v) is 18.8. The van der Waals surface area contributed by atoms with E-state index in [4.69, 9.17) is 14.2 Å². The number of methoxy groups -OCH3 is 3. The minimum atomic E-state index is -0.262. The van der Waals surface area contributed by atoms with Crippen LogP contribution in [-0.4, -0.2) is 38.9 Å². The van der Waals surface area contributed by atoms with Crippen molar-refractivity contribution < 1.29 is 23.8 Å². The van der Waals surface area contributed by atoms with Crippen molar-refractivity contribution in [3.63, 3.8) is 0 Å². The zero-order valence-electron chi connectivity index (χ0n) is 18.0. The molecule has 0 aromatic heterocycles. The Balaban J connectivity index is 1.64. The molecule has 166 valence electrons. The fourth-order valence-corrected chi connectivity index (χ4v) is 3.78. The molecule has 2 amide bonds. The van der Waals surface area contributed by atoms with Crippen molar-refractivity contribution in [2.24, 2.45) is 0 Å². The van der Waals surface area contributed by atoms with Crippen molar-refractivity contribution in [2.75, 3.05) is 37.7 Å². The van der Waals surface area contributed by atoms with Crippen LogP contribution in [-0.2, 0) is 4.79 Å². The number of rotatable bonds is 9. The Hall–Kier alpha value is -3.65. The summed E-state index contributed by atoms with van der Waals surface area (Å²) in [5.41, 5.74) is 1.71. The number of nitrogens with one attached hydrogen (secondary N) is 2. The van der Waals surface area contributed by atoms with Gasteiger partial charge in [0.25, 0.3) is 5.91 Å². The first-order valence-electron chi connectivity index (χ1n) is 9.73. The zero-order chi connectivity index (χ0) is 22.9. The molecule has 0 radical (unpaired) electrons. The molecular weight excluding hydrogens is 428 g/mol. The normalized spacial score (nSPS) is 10.2. The highest BCUT2D eigenvalue weighted by atomic mass is 32.2. The minimum absolute atomic E-state index is 0.137. The summed E-state index contributed by atoms with van der Waals surface area (Å²) in [6.45, 7) is 0. The number of hydrogen-bond donors (Lipinski definition) is 2. The SMILES string of the molecule is COc1cccc(NC(=O)c2ccccc2SCC(=O)Nc2ccc(OC)c(OC)c2)c1. The molecule has 0 unspecified atom stereocenters. The summed E-state index contributed by atoms with van der Waals surface area (Å²) in [6, 6.07) is 19.4. The maximum atomic E-state index is 12.8. The Morgan fingerprint density at radius 3 is 2.28 bits per heavy atom. The summed E-state index contributed by atoms with van der Waals surface area (Å²) in [5, 5.41) is 5.70. The fraction of sp³-hybridized carbons (Fsp3) is 0.167. The number of benzene rings is 3. The maximum Gasteiger partial charge on any atom is 0.256 e. The van der Waals surface area contributed by atoms with Gasteiger partial charge in [0.2, 0.25) is 5.91 Å². The summed E-state index contributed by atoms with van der Waals surface area (Å²) < 4.78 is 15.7. The first kappa shape index (κ1) is 23.0. The highest BCUT2D eigenvalue weighted by Crippen LogP contribution is 2.30. The molecule has 0 atom stereocenters. The molecule has 0 heterocycles. The van der Waals surface area contributed by atoms with Gasteiger partial charge >= 0.3 is 0 Å². The number of amides is 2. The molecule has 0 spiro atoms. The lowest BCUT2D eigenvalue weighted by Gasteiger charge is -2.12. The molecule has 0 bridgehead atoms. The average Bonchev–Trinajstić information content (AvgIpc) is 2.82. The number of hydrogen-bond acceptors (Lipinski definition) is 6. The van der Waals surface area contributed by atoms with Crippen molar-refractivity contribution in [1.29, 1.82) is 0 Å². The van der Waals surface area contributed by atoms with Crippen LogP contribution in [0, 0.1) is 0 Å². The Morgan fingerprint density at radius 2 is 1.53 bits per heavy atom. The monoisotopic (exact) mass is 452 g/mol. The molecule has 8 heteroatoms. The van der Waals surface area contributed by atoms with E-state index >= 15 is 0 Å². The number of thioether (sulfide) groups is 1. The molecule has 3 rings (SSSR count). The van der Waals surface area contributed by atoms with Gasteiger partial charge in [-0.25, -0.2) is 0 Å². The Bertz CT molecular complexity index is 1100. The van der Waals surface area contributed by atoms with Crippen LogP contribution in [0.4, 0.5) is 11.4 Å². The molecule has 32 heavy (non-hydrogen) atoms. The van der Waals surface area contributed by atoms with E-state index in [0.717, 1.165) is 0 Å². The molecule has 7 nitrogen and oxygen atoms in total. The molecule has 0 aliphatic rings. The minimum Gasteiger partial charge on any atom is -0.497 e. The molecule has 0 saturated carbocycles. The van der Waals surface area contributed by atoms with Gasteiger partial charge in [-0.05, 0) is 36.4 Å². The van der Waals surface area contributed by atoms with Crippen molar-refractivity contribution in [2.45, 2.75) is 4.90 Å². The Morgan fingerprint density at radius 1 is 0.781 bits per heavy atom. The lowest BCUT2D eigenvalue weighted by Crippen LogP contribution is -2.16. The smallest absolute Gasteiger partial charge is 0.256 e. The number of carbonyl (C=O) groups excluding carboxylic acids is 2. The van der Waals surface area contributed by atoms with Crippen LogP contribution in [0.5, 0.6) is 17.2 Å². The van der Waals surface area contributed by atoms with E-state index in [2.05, 4.69) is 10.6 Å². The predicted octanol–water partition coefficient (Wildman–Crippen LogP) is 4.70. The van der Waals surface area contributed by atoms with Gasteiger partial charge in [0, 0.05) is 28.4 Å².